The summed E-state index contributed by atoms with van der Waals surface area (Å²) in [6.45, 7) is 0. The Hall–Kier alpha value is -4.08. The number of nitro groups is 1. The van der Waals surface area contributed by atoms with E-state index in [0.29, 0.717) is 16.8 Å². The van der Waals surface area contributed by atoms with Crippen LogP contribution in [0.2, 0.25) is 0 Å². The Bertz CT molecular complexity index is 891. The van der Waals surface area contributed by atoms with Gasteiger partial charge in [-0.25, -0.2) is 10.2 Å². The molecule has 0 aromatic heterocycles. The Balaban J connectivity index is 1.88. The summed E-state index contributed by atoms with van der Waals surface area (Å²) in [5, 5.41) is 16.5. The molecule has 0 aliphatic rings. The molecule has 0 unspecified atom stereocenters. The topological polar surface area (TPSA) is 140 Å². The molecule has 27 heavy (non-hydrogen) atoms. The van der Waals surface area contributed by atoms with Crippen molar-refractivity contribution in [3.05, 3.63) is 69.8 Å². The number of nitrogens with one attached hydrogen (secondary N) is 2. The predicted molar refractivity (Wildman–Crippen MR) is 95.2 cm³/mol. The second-order valence-electron chi connectivity index (χ2n) is 5.07. The van der Waals surface area contributed by atoms with Crippen molar-refractivity contribution in [2.45, 2.75) is 0 Å². The highest BCUT2D eigenvalue weighted by molar-refractivity contribution is 6.39. The normalized spacial score (nSPS) is 10.3. The van der Waals surface area contributed by atoms with Gasteiger partial charge in [-0.2, -0.15) is 5.10 Å². The minimum atomic E-state index is -1.01. The first-order valence-electron chi connectivity index (χ1n) is 7.48. The maximum Gasteiger partial charge on any atom is 0.337 e. The highest BCUT2D eigenvalue weighted by Gasteiger charge is 2.13. The number of carbonyl (C=O) groups excluding carboxylic acids is 3. The van der Waals surface area contributed by atoms with Gasteiger partial charge in [0.25, 0.3) is 5.69 Å². The number of esters is 1. The maximum absolute atomic E-state index is 11.8. The molecule has 138 valence electrons. The molecule has 0 aliphatic heterocycles. The summed E-state index contributed by atoms with van der Waals surface area (Å²) in [5.74, 6) is -2.49. The van der Waals surface area contributed by atoms with Gasteiger partial charge in [0.15, 0.2) is 0 Å². The van der Waals surface area contributed by atoms with Gasteiger partial charge in [-0.1, -0.05) is 0 Å². The number of hydrogen-bond acceptors (Lipinski definition) is 7. The number of anilines is 1. The van der Waals surface area contributed by atoms with Crippen LogP contribution < -0.4 is 10.7 Å². The van der Waals surface area contributed by atoms with Gasteiger partial charge in [-0.3, -0.25) is 19.7 Å². The van der Waals surface area contributed by atoms with Crippen LogP contribution >= 0.6 is 0 Å². The molecule has 10 heteroatoms. The lowest BCUT2D eigenvalue weighted by Gasteiger charge is -2.05. The summed E-state index contributed by atoms with van der Waals surface area (Å²) in [6, 6.07) is 11.2. The zero-order chi connectivity index (χ0) is 19.8. The van der Waals surface area contributed by atoms with Gasteiger partial charge in [0.05, 0.1) is 23.8 Å². The van der Waals surface area contributed by atoms with Crippen LogP contribution in [0.15, 0.2) is 53.6 Å². The summed E-state index contributed by atoms with van der Waals surface area (Å²) in [5.41, 5.74) is 3.07. The monoisotopic (exact) mass is 370 g/mol. The van der Waals surface area contributed by atoms with E-state index >= 15 is 0 Å². The van der Waals surface area contributed by atoms with Crippen molar-refractivity contribution >= 4 is 35.4 Å². The Labute approximate surface area is 153 Å². The quantitative estimate of drug-likeness (QED) is 0.268. The van der Waals surface area contributed by atoms with E-state index in [1.54, 1.807) is 0 Å². The molecule has 0 saturated heterocycles. The van der Waals surface area contributed by atoms with Gasteiger partial charge < -0.3 is 10.1 Å². The lowest BCUT2D eigenvalue weighted by atomic mass is 10.2. The van der Waals surface area contributed by atoms with Crippen LogP contribution in [0.25, 0.3) is 0 Å². The number of ether oxygens (including phenoxy) is 1. The van der Waals surface area contributed by atoms with E-state index < -0.39 is 22.7 Å². The molecule has 2 aromatic carbocycles. The summed E-state index contributed by atoms with van der Waals surface area (Å²) < 4.78 is 4.55. The lowest BCUT2D eigenvalue weighted by Crippen LogP contribution is -2.32. The van der Waals surface area contributed by atoms with Crippen molar-refractivity contribution in [3.63, 3.8) is 0 Å². The van der Waals surface area contributed by atoms with Crippen molar-refractivity contribution in [2.75, 3.05) is 12.4 Å². The number of hydrazone groups is 1. The fraction of sp³-hybridized carbons (Fsp3) is 0.0588. The number of non-ortho nitro benzene ring substituents is 1. The van der Waals surface area contributed by atoms with Gasteiger partial charge in [-0.15, -0.1) is 0 Å². The molecule has 2 aromatic rings. The number of hydrogen-bond donors (Lipinski definition) is 2. The minimum Gasteiger partial charge on any atom is -0.465 e. The zero-order valence-electron chi connectivity index (χ0n) is 14.0. The Morgan fingerprint density at radius 2 is 1.67 bits per heavy atom. The zero-order valence-corrected chi connectivity index (χ0v) is 14.0. The number of benzene rings is 2. The second kappa shape index (κ2) is 8.85. The second-order valence-corrected chi connectivity index (χ2v) is 5.07. The summed E-state index contributed by atoms with van der Waals surface area (Å²) in [7, 11) is 1.25. The average molecular weight is 370 g/mol. The highest BCUT2D eigenvalue weighted by atomic mass is 16.6. The molecule has 10 nitrogen and oxygen atoms in total. The molecule has 0 heterocycles. The van der Waals surface area contributed by atoms with Gasteiger partial charge >= 0.3 is 17.8 Å². The molecule has 2 amide bonds. The third-order valence-corrected chi connectivity index (χ3v) is 3.25. The molecule has 0 bridgehead atoms. The van der Waals surface area contributed by atoms with E-state index in [-0.39, 0.29) is 5.69 Å². The van der Waals surface area contributed by atoms with Gasteiger partial charge in [-0.05, 0) is 42.0 Å². The average Bonchev–Trinajstić information content (AvgIpc) is 2.68. The fourth-order valence-electron chi connectivity index (χ4n) is 1.89. The summed E-state index contributed by atoms with van der Waals surface area (Å²) in [6.07, 6.45) is 1.24. The van der Waals surface area contributed by atoms with E-state index in [1.807, 2.05) is 5.43 Å². The molecule has 0 aliphatic carbocycles. The van der Waals surface area contributed by atoms with E-state index in [0.717, 1.165) is 0 Å². The molecule has 0 atom stereocenters. The SMILES string of the molecule is COC(=O)c1ccc(NC(=O)C(=O)N/N=C/c2ccc([N+](=O)[O-])cc2)cc1. The van der Waals surface area contributed by atoms with Crippen LogP contribution in [-0.2, 0) is 14.3 Å². The van der Waals surface area contributed by atoms with Crippen LogP contribution in [-0.4, -0.2) is 36.0 Å². The van der Waals surface area contributed by atoms with Crippen LogP contribution in [0, 0.1) is 10.1 Å². The Morgan fingerprint density at radius 1 is 1.04 bits per heavy atom. The van der Waals surface area contributed by atoms with Crippen LogP contribution in [0.3, 0.4) is 0 Å². The molecule has 0 radical (unpaired) electrons. The molecular weight excluding hydrogens is 356 g/mol. The number of methoxy groups -OCH3 is 1. The third kappa shape index (κ3) is 5.46. The van der Waals surface area contributed by atoms with Crippen molar-refractivity contribution in [1.29, 1.82) is 0 Å². The first-order valence-corrected chi connectivity index (χ1v) is 7.48. The standard InChI is InChI=1S/C17H14N4O6/c1-27-17(24)12-4-6-13(7-5-12)19-15(22)16(23)20-18-10-11-2-8-14(9-3-11)21(25)26/h2-10H,1H3,(H,19,22)(H,20,23)/b18-10+. The number of amides is 2. The van der Waals surface area contributed by atoms with E-state index in [1.165, 1.54) is 61.9 Å². The predicted octanol–water partition coefficient (Wildman–Crippen LogP) is 1.47. The summed E-state index contributed by atoms with van der Waals surface area (Å²) in [4.78, 5) is 44.8. The van der Waals surface area contributed by atoms with E-state index in [9.17, 15) is 24.5 Å². The number of nitro benzene ring substituents is 1. The van der Waals surface area contributed by atoms with E-state index in [4.69, 9.17) is 0 Å². The Morgan fingerprint density at radius 3 is 2.22 bits per heavy atom. The van der Waals surface area contributed by atoms with Crippen molar-refractivity contribution < 1.29 is 24.0 Å². The lowest BCUT2D eigenvalue weighted by molar-refractivity contribution is -0.384. The van der Waals surface area contributed by atoms with Crippen LogP contribution in [0.1, 0.15) is 15.9 Å². The highest BCUT2D eigenvalue weighted by Crippen LogP contribution is 2.11. The van der Waals surface area contributed by atoms with Gasteiger partial charge in [0.1, 0.15) is 0 Å². The maximum atomic E-state index is 11.8. The first-order chi connectivity index (χ1) is 12.9. The Kier molecular flexibility index (Phi) is 6.31. The number of rotatable bonds is 5. The minimum absolute atomic E-state index is 0.0752. The third-order valence-electron chi connectivity index (χ3n) is 3.25. The van der Waals surface area contributed by atoms with Gasteiger partial charge in [0.2, 0.25) is 0 Å². The fourth-order valence-corrected chi connectivity index (χ4v) is 1.89. The van der Waals surface area contributed by atoms with Crippen LogP contribution in [0.5, 0.6) is 0 Å². The molecule has 0 spiro atoms. The molecule has 0 fully saturated rings. The number of nitrogens with zero attached hydrogens (tertiary/aromatic N) is 2. The van der Waals surface area contributed by atoms with Crippen LogP contribution in [0.4, 0.5) is 11.4 Å². The largest absolute Gasteiger partial charge is 0.465 e. The van der Waals surface area contributed by atoms with Crippen molar-refractivity contribution in [3.8, 4) is 0 Å². The van der Waals surface area contributed by atoms with Gasteiger partial charge in [0, 0.05) is 17.8 Å². The van der Waals surface area contributed by atoms with Crippen molar-refractivity contribution in [2.24, 2.45) is 5.10 Å². The summed E-state index contributed by atoms with van der Waals surface area (Å²) >= 11 is 0. The van der Waals surface area contributed by atoms with E-state index in [2.05, 4.69) is 15.2 Å². The molecule has 2 N–H and O–H groups in total. The molecular formula is C17H14N4O6. The first kappa shape index (κ1) is 19.2. The molecule has 2 rings (SSSR count). The van der Waals surface area contributed by atoms with Crippen molar-refractivity contribution in [1.82, 2.24) is 5.43 Å². The molecule has 0 saturated carbocycles. The smallest absolute Gasteiger partial charge is 0.337 e. The number of carbonyl (C=O) groups is 3.